The van der Waals surface area contributed by atoms with Crippen LogP contribution in [0.15, 0.2) is 36.5 Å². The lowest BCUT2D eigenvalue weighted by Crippen LogP contribution is -2.63. The molecule has 570 valence electrons. The predicted molar refractivity (Wildman–Crippen MR) is 388 cm³/mol. The lowest BCUT2D eigenvalue weighted by molar-refractivity contribution is -0.157. The summed E-state index contributed by atoms with van der Waals surface area (Å²) in [6, 6.07) is -7.10. The summed E-state index contributed by atoms with van der Waals surface area (Å²) in [5, 5.41) is 32.7. The van der Waals surface area contributed by atoms with Crippen molar-refractivity contribution in [3.8, 4) is 0 Å². The molecule has 0 bridgehead atoms. The topological polar surface area (TPSA) is 333 Å². The maximum absolute atomic E-state index is 15.5. The quantitative estimate of drug-likeness (QED) is 0.0365. The first kappa shape index (κ1) is 89.3. The Balaban J connectivity index is 2.88. The molecule has 1 heterocycles. The van der Waals surface area contributed by atoms with Crippen molar-refractivity contribution in [3.63, 3.8) is 0 Å². The Bertz CT molecular complexity index is 3020. The maximum Gasteiger partial charge on any atom is 0.335 e. The molecule has 0 saturated carbocycles. The average Bonchev–Trinajstić information content (AvgIpc) is 0.805. The van der Waals surface area contributed by atoms with Gasteiger partial charge in [0.05, 0.1) is 11.7 Å². The number of carboxylic acids is 1. The highest BCUT2D eigenvalue weighted by Crippen LogP contribution is 2.27. The highest BCUT2D eigenvalue weighted by Gasteiger charge is 2.46. The van der Waals surface area contributed by atoms with Crippen molar-refractivity contribution < 1.29 is 72.5 Å². The number of rotatable bonds is 24. The first-order valence-corrected chi connectivity index (χ1v) is 36.2. The lowest BCUT2D eigenvalue weighted by Gasteiger charge is -2.41. The van der Waals surface area contributed by atoms with Gasteiger partial charge in [-0.15, -0.1) is 0 Å². The summed E-state index contributed by atoms with van der Waals surface area (Å²) in [5.74, 6) is -11.8. The van der Waals surface area contributed by atoms with Crippen LogP contribution in [0.1, 0.15) is 215 Å². The van der Waals surface area contributed by atoms with Crippen molar-refractivity contribution in [2.75, 3.05) is 49.3 Å². The molecule has 0 radical (unpaired) electrons. The highest BCUT2D eigenvalue weighted by atomic mass is 16.4. The van der Waals surface area contributed by atoms with Crippen molar-refractivity contribution in [1.82, 2.24) is 55.6 Å². The second-order valence-corrected chi connectivity index (χ2v) is 30.3. The zero-order valence-electron chi connectivity index (χ0n) is 64.9. The van der Waals surface area contributed by atoms with Crippen LogP contribution < -0.4 is 21.3 Å². The number of nitrogens with one attached hydrogen (secondary N) is 4. The molecule has 1 fully saturated rings. The van der Waals surface area contributed by atoms with E-state index in [0.717, 1.165) is 40.4 Å². The number of aromatic carboxylic acids is 1. The second-order valence-electron chi connectivity index (χ2n) is 30.3. The van der Waals surface area contributed by atoms with E-state index in [2.05, 4.69) is 27.8 Å². The van der Waals surface area contributed by atoms with Gasteiger partial charge in [0.15, 0.2) is 5.78 Å². The molecule has 101 heavy (non-hydrogen) atoms. The fourth-order valence-electron chi connectivity index (χ4n) is 12.8. The van der Waals surface area contributed by atoms with Gasteiger partial charge in [-0.3, -0.25) is 57.5 Å². The fourth-order valence-corrected chi connectivity index (χ4v) is 12.8. The molecule has 26 heteroatoms. The molecule has 0 unspecified atom stereocenters. The summed E-state index contributed by atoms with van der Waals surface area (Å²) in [4.78, 5) is 195. The van der Waals surface area contributed by atoms with Gasteiger partial charge in [0.1, 0.15) is 66.1 Å². The van der Waals surface area contributed by atoms with Gasteiger partial charge in [0.25, 0.3) is 5.91 Å². The third-order valence-corrected chi connectivity index (χ3v) is 19.3. The zero-order valence-corrected chi connectivity index (χ0v) is 64.9. The number of aliphatic hydroxyl groups excluding tert-OH is 1. The first-order valence-electron chi connectivity index (χ1n) is 36.2. The maximum atomic E-state index is 15.5. The van der Waals surface area contributed by atoms with E-state index in [1.165, 1.54) is 107 Å². The van der Waals surface area contributed by atoms with Crippen LogP contribution in [0.25, 0.3) is 0 Å². The van der Waals surface area contributed by atoms with Gasteiger partial charge in [-0.1, -0.05) is 148 Å². The van der Waals surface area contributed by atoms with Gasteiger partial charge in [-0.05, 0) is 112 Å². The molecule has 12 atom stereocenters. The van der Waals surface area contributed by atoms with E-state index < -0.39 is 155 Å². The molecule has 1 aliphatic rings. The minimum atomic E-state index is -1.69. The van der Waals surface area contributed by atoms with Gasteiger partial charge in [-0.2, -0.15) is 0 Å². The van der Waals surface area contributed by atoms with Crippen LogP contribution in [0.5, 0.6) is 0 Å². The van der Waals surface area contributed by atoms with E-state index in [1.807, 2.05) is 55.4 Å². The van der Waals surface area contributed by atoms with E-state index in [1.54, 1.807) is 41.5 Å². The zero-order chi connectivity index (χ0) is 77.5. The molecule has 6 N–H and O–H groups in total. The van der Waals surface area contributed by atoms with Gasteiger partial charge in [0.2, 0.25) is 59.1 Å². The van der Waals surface area contributed by atoms with Crippen molar-refractivity contribution >= 4 is 76.7 Å². The van der Waals surface area contributed by atoms with Crippen LogP contribution >= 0.6 is 0 Å². The van der Waals surface area contributed by atoms with Crippen LogP contribution in [0.2, 0.25) is 0 Å². The monoisotopic (exact) mass is 1420 g/mol. The van der Waals surface area contributed by atoms with Gasteiger partial charge >= 0.3 is 5.97 Å². The minimum Gasteiger partial charge on any atom is -0.478 e. The van der Waals surface area contributed by atoms with E-state index >= 15 is 19.2 Å². The molecule has 26 nitrogen and oxygen atoms in total. The van der Waals surface area contributed by atoms with Crippen molar-refractivity contribution in [2.45, 2.75) is 261 Å². The standard InChI is InChI=1S/C75H125N11O15/c1-25-54-70(95)80(18)51(17)69(94)81(19)56(39-43(4)5)66(91)79-60(46(10)11)73(98)82(20)55(38-42(2)3)65(90)76-49(15)64(89)77-50(16)68(93)83(21)57(40-44(6)7)71(96)84(22)58(41-45(8)9)72(97)85(23)61(47(12)13)74(99)86(24)62(67(92)78-54)63(88)48(14)32-30-28-26-27-29-31-33-59(87)52-34-36-53(37-35-52)75(100)101/h34-37,42-50,54-58,60-63,88H,17,25-33,38-41H2,1-16,18-24H3,(H,76,90)(H,77,89)(H,78,92)(H,79,91)(H,100,101)/t48-,49+,50-,54+,55+,56+,57+,58+,60+,61+,62+,63-/m1/s1. The second kappa shape index (κ2) is 41.4. The summed E-state index contributed by atoms with van der Waals surface area (Å²) in [6.45, 7) is 31.8. The molecule has 0 aliphatic carbocycles. The van der Waals surface area contributed by atoms with Crippen molar-refractivity contribution in [1.29, 1.82) is 0 Å². The predicted octanol–water partition coefficient (Wildman–Crippen LogP) is 6.52. The Morgan fingerprint density at radius 3 is 1.35 bits per heavy atom. The average molecular weight is 1420 g/mol. The van der Waals surface area contributed by atoms with E-state index in [4.69, 9.17) is 0 Å². The Kier molecular flexibility index (Phi) is 36.6. The summed E-state index contributed by atoms with van der Waals surface area (Å²) < 4.78 is 0. The number of aliphatic hydroxyl groups is 1. The molecule has 2 rings (SSSR count). The minimum absolute atomic E-state index is 0.0577. The third kappa shape index (κ3) is 25.6. The van der Waals surface area contributed by atoms with E-state index in [9.17, 15) is 53.4 Å². The van der Waals surface area contributed by atoms with Gasteiger partial charge in [-0.25, -0.2) is 4.79 Å². The largest absolute Gasteiger partial charge is 0.478 e. The van der Waals surface area contributed by atoms with E-state index in [0.29, 0.717) is 31.2 Å². The molecule has 0 aromatic heterocycles. The fraction of sp³-hybridized carbons (Fsp3) is 0.720. The smallest absolute Gasteiger partial charge is 0.335 e. The van der Waals surface area contributed by atoms with Crippen LogP contribution in [-0.2, 0) is 52.7 Å². The molecule has 1 saturated heterocycles. The van der Waals surface area contributed by atoms with Crippen LogP contribution in [0.3, 0.4) is 0 Å². The highest BCUT2D eigenvalue weighted by molar-refractivity contribution is 6.03. The molecular weight excluding hydrogens is 1290 g/mol. The third-order valence-electron chi connectivity index (χ3n) is 19.3. The van der Waals surface area contributed by atoms with E-state index in [-0.39, 0.29) is 72.8 Å². The number of hydrogen-bond donors (Lipinski definition) is 6. The summed E-state index contributed by atoms with van der Waals surface area (Å²) >= 11 is 0. The Morgan fingerprint density at radius 2 is 0.871 bits per heavy atom. The molecule has 1 aromatic rings. The number of carbonyl (C=O) groups excluding carboxylic acids is 12. The van der Waals surface area contributed by atoms with Crippen molar-refractivity contribution in [3.05, 3.63) is 47.7 Å². The number of benzene rings is 1. The van der Waals surface area contributed by atoms with Crippen LogP contribution in [-0.4, -0.2) is 237 Å². The molecule has 1 aromatic carbocycles. The summed E-state index contributed by atoms with van der Waals surface area (Å²) in [6.07, 6.45) is 3.81. The Labute approximate surface area is 601 Å². The molecular formula is C75H125N11O15. The SMILES string of the molecule is C=C1C(=O)N(C)[C@@H](CC(C)C)C(=O)N[C@@H](C(C)C)C(=O)N(C)[C@@H](CC(C)C)C(=O)N[C@@H](C)C(=O)N[C@H](C)C(=O)N(C)[C@@H](CC(C)C)C(=O)N(C)[C@@H](CC(C)C)C(=O)N(C)[C@@H](C(C)C)C(=O)N(C)[C@@H]([C@H](O)[C@H](C)CCCCCCCCC(=O)c2ccc(C(=O)O)cc2)C(=O)N[C@@H](CC)C(=O)N1C. The first-order chi connectivity index (χ1) is 46.9. The van der Waals surface area contributed by atoms with Gasteiger partial charge in [0, 0.05) is 61.3 Å². The number of ketones is 1. The Hall–Kier alpha value is -7.77. The molecule has 0 spiro atoms. The lowest BCUT2D eigenvalue weighted by atomic mass is 9.90. The van der Waals surface area contributed by atoms with Crippen LogP contribution in [0, 0.1) is 41.4 Å². The van der Waals surface area contributed by atoms with Gasteiger partial charge < -0.3 is 65.8 Å². The number of carboxylic acid groups (broad SMARTS) is 1. The Morgan fingerprint density at radius 1 is 0.455 bits per heavy atom. The number of hydrogen-bond acceptors (Lipinski definition) is 14. The number of Topliss-reactive ketones (excluding diaryl/α,β-unsaturated/α-hetero) is 1. The molecule has 1 aliphatic heterocycles. The summed E-state index contributed by atoms with van der Waals surface area (Å²) in [7, 11) is 9.70. The number of amides is 11. The normalized spacial score (nSPS) is 24.4. The molecule has 11 amide bonds. The number of nitrogens with zero attached hydrogens (tertiary/aromatic N) is 7. The summed E-state index contributed by atoms with van der Waals surface area (Å²) in [5.41, 5.74) is 0.143. The van der Waals surface area contributed by atoms with Crippen molar-refractivity contribution in [2.24, 2.45) is 41.4 Å². The number of unbranched alkanes of at least 4 members (excludes halogenated alkanes) is 5. The number of carbonyl (C=O) groups is 13. The van der Waals surface area contributed by atoms with Crippen LogP contribution in [0.4, 0.5) is 0 Å². The number of likely N-dealkylation sites (N-methyl/N-ethyl adjacent to an activating group) is 7.